The van der Waals surface area contributed by atoms with Gasteiger partial charge in [-0.25, -0.2) is 9.07 Å². The third-order valence-corrected chi connectivity index (χ3v) is 6.08. The van der Waals surface area contributed by atoms with Gasteiger partial charge in [-0.1, -0.05) is 17.7 Å². The third-order valence-electron chi connectivity index (χ3n) is 5.79. The van der Waals surface area contributed by atoms with Crippen LogP contribution in [0.2, 0.25) is 5.02 Å². The van der Waals surface area contributed by atoms with Crippen molar-refractivity contribution in [1.82, 2.24) is 44.8 Å². The fourth-order valence-corrected chi connectivity index (χ4v) is 4.21. The highest BCUT2D eigenvalue weighted by molar-refractivity contribution is 6.31. The molecule has 10 nitrogen and oxygen atoms in total. The number of hydrogen-bond acceptors (Lipinski definition) is 7. The average Bonchev–Trinajstić information content (AvgIpc) is 3.70. The van der Waals surface area contributed by atoms with Gasteiger partial charge in [-0.15, -0.1) is 5.10 Å². The summed E-state index contributed by atoms with van der Waals surface area (Å²) in [6.45, 7) is -6.19. The molecule has 0 bridgehead atoms. The first-order valence-electron chi connectivity index (χ1n) is 11.3. The summed E-state index contributed by atoms with van der Waals surface area (Å²) in [6, 6.07) is 6.73. The van der Waals surface area contributed by atoms with Gasteiger partial charge in [0.2, 0.25) is 0 Å². The molecule has 0 amide bonds. The number of benzene rings is 1. The van der Waals surface area contributed by atoms with Crippen molar-refractivity contribution in [1.29, 1.82) is 0 Å². The lowest BCUT2D eigenvalue weighted by atomic mass is 10.0. The molecular weight excluding hydrogens is 549 g/mol. The molecule has 202 valence electrons. The second-order valence-electron chi connectivity index (χ2n) is 8.07. The molecule has 39 heavy (non-hydrogen) atoms. The van der Waals surface area contributed by atoms with Crippen molar-refractivity contribution < 1.29 is 26.7 Å². The van der Waals surface area contributed by atoms with E-state index >= 15 is 4.39 Å². The van der Waals surface area contributed by atoms with Gasteiger partial charge >= 0.3 is 13.2 Å². The first-order chi connectivity index (χ1) is 18.8. The van der Waals surface area contributed by atoms with Crippen molar-refractivity contribution >= 4 is 11.6 Å². The molecule has 0 spiro atoms. The van der Waals surface area contributed by atoms with Crippen molar-refractivity contribution in [3.8, 4) is 28.1 Å². The fraction of sp³-hybridized carbons (Fsp3) is 0.217. The molecule has 0 radical (unpaired) electrons. The van der Waals surface area contributed by atoms with E-state index in [2.05, 4.69) is 35.4 Å². The van der Waals surface area contributed by atoms with Crippen LogP contribution in [0, 0.1) is 5.82 Å². The smallest absolute Gasteiger partial charge is 0.323 e. The molecule has 0 saturated heterocycles. The molecule has 0 saturated carbocycles. The number of halogens is 6. The van der Waals surface area contributed by atoms with Gasteiger partial charge in [0.05, 0.1) is 40.9 Å². The van der Waals surface area contributed by atoms with Gasteiger partial charge in [-0.05, 0) is 41.1 Å². The van der Waals surface area contributed by atoms with Crippen molar-refractivity contribution in [2.45, 2.75) is 25.6 Å². The lowest BCUT2D eigenvalue weighted by Crippen LogP contribution is -2.16. The van der Waals surface area contributed by atoms with Crippen molar-refractivity contribution in [3.63, 3.8) is 0 Å². The van der Waals surface area contributed by atoms with Gasteiger partial charge in [0.15, 0.2) is 5.82 Å². The third kappa shape index (κ3) is 5.49. The molecule has 0 aliphatic carbocycles. The van der Waals surface area contributed by atoms with Crippen molar-refractivity contribution in [2.24, 2.45) is 0 Å². The maximum Gasteiger partial charge on any atom is 0.345 e. The summed E-state index contributed by atoms with van der Waals surface area (Å²) in [5.41, 5.74) is 1.57. The molecule has 4 aromatic heterocycles. The average molecular weight is 566 g/mol. The summed E-state index contributed by atoms with van der Waals surface area (Å²) in [6.07, 6.45) is 6.76. The van der Waals surface area contributed by atoms with Crippen LogP contribution in [-0.4, -0.2) is 58.0 Å². The fourth-order valence-electron chi connectivity index (χ4n) is 4.05. The summed E-state index contributed by atoms with van der Waals surface area (Å²) in [5, 5.41) is 18.7. The number of rotatable bonds is 10. The maximum absolute atomic E-state index is 15.1. The summed E-state index contributed by atoms with van der Waals surface area (Å²) >= 11 is 6.02. The Morgan fingerprint density at radius 3 is 2.51 bits per heavy atom. The Morgan fingerprint density at radius 1 is 0.974 bits per heavy atom. The molecule has 0 fully saturated rings. The van der Waals surface area contributed by atoms with Crippen molar-refractivity contribution in [2.75, 3.05) is 6.61 Å². The minimum Gasteiger partial charge on any atom is -0.323 e. The van der Waals surface area contributed by atoms with E-state index < -0.39 is 25.0 Å². The molecule has 16 heteroatoms. The molecule has 0 aliphatic rings. The second-order valence-corrected chi connectivity index (χ2v) is 8.47. The van der Waals surface area contributed by atoms with Gasteiger partial charge in [0.1, 0.15) is 6.33 Å². The molecule has 1 atom stereocenters. The lowest BCUT2D eigenvalue weighted by molar-refractivity contribution is -0.130. The van der Waals surface area contributed by atoms with Crippen LogP contribution in [0.1, 0.15) is 24.7 Å². The van der Waals surface area contributed by atoms with E-state index in [4.69, 9.17) is 11.6 Å². The Kier molecular flexibility index (Phi) is 7.60. The zero-order chi connectivity index (χ0) is 27.5. The molecule has 1 aromatic carbocycles. The number of nitrogens with zero attached hydrogens (tertiary/aromatic N) is 9. The van der Waals surface area contributed by atoms with Crippen molar-refractivity contribution in [3.05, 3.63) is 78.0 Å². The van der Waals surface area contributed by atoms with Gasteiger partial charge in [-0.3, -0.25) is 9.67 Å². The molecule has 5 rings (SSSR count). The minimum absolute atomic E-state index is 0.0211. The first kappa shape index (κ1) is 26.4. The predicted molar refractivity (Wildman–Crippen MR) is 127 cm³/mol. The van der Waals surface area contributed by atoms with Crippen LogP contribution in [0.5, 0.6) is 0 Å². The molecule has 5 aromatic rings. The highest BCUT2D eigenvalue weighted by atomic mass is 35.5. The Labute approximate surface area is 221 Å². The number of ether oxygens (including phenoxy) is 1. The van der Waals surface area contributed by atoms with E-state index in [-0.39, 0.29) is 29.3 Å². The van der Waals surface area contributed by atoms with E-state index in [1.807, 2.05) is 0 Å². The molecule has 0 N–H and O–H groups in total. The SMILES string of the molecule is Fc1c(Cl)ccc(-n2cnnn2)c1-c1ccc(C(CCOC(F)F)n2cc(-c3ccnn3C(F)F)cn2)nc1. The van der Waals surface area contributed by atoms with Crippen LogP contribution in [0.15, 0.2) is 61.4 Å². The summed E-state index contributed by atoms with van der Waals surface area (Å²) in [7, 11) is 0. The van der Waals surface area contributed by atoms with E-state index in [0.29, 0.717) is 27.2 Å². The van der Waals surface area contributed by atoms with Gasteiger partial charge in [0.25, 0.3) is 0 Å². The predicted octanol–water partition coefficient (Wildman–Crippen LogP) is 5.19. The number of hydrogen-bond donors (Lipinski definition) is 0. The Balaban J connectivity index is 1.50. The molecule has 0 aliphatic heterocycles. The lowest BCUT2D eigenvalue weighted by Gasteiger charge is -2.18. The largest absolute Gasteiger partial charge is 0.345 e. The van der Waals surface area contributed by atoms with E-state index in [1.165, 1.54) is 52.6 Å². The summed E-state index contributed by atoms with van der Waals surface area (Å²) in [5.74, 6) is -0.714. The maximum atomic E-state index is 15.1. The quantitative estimate of drug-likeness (QED) is 0.215. The number of pyridine rings is 1. The number of tetrazole rings is 1. The Morgan fingerprint density at radius 2 is 1.82 bits per heavy atom. The topological polar surface area (TPSA) is 101 Å². The van der Waals surface area contributed by atoms with Gasteiger partial charge in [0, 0.05) is 35.3 Å². The number of alkyl halides is 4. The van der Waals surface area contributed by atoms with E-state index in [0.717, 1.165) is 0 Å². The molecule has 1 unspecified atom stereocenters. The van der Waals surface area contributed by atoms with Crippen LogP contribution >= 0.6 is 11.6 Å². The van der Waals surface area contributed by atoms with Crippen LogP contribution in [-0.2, 0) is 4.74 Å². The number of aromatic nitrogens is 9. The van der Waals surface area contributed by atoms with E-state index in [1.54, 1.807) is 18.2 Å². The Bertz CT molecular complexity index is 1540. The van der Waals surface area contributed by atoms with Gasteiger partial charge in [-0.2, -0.15) is 32.4 Å². The first-order valence-corrected chi connectivity index (χ1v) is 11.6. The highest BCUT2D eigenvalue weighted by Crippen LogP contribution is 2.34. The summed E-state index contributed by atoms with van der Waals surface area (Å²) < 4.78 is 74.7. The summed E-state index contributed by atoms with van der Waals surface area (Å²) in [4.78, 5) is 4.43. The van der Waals surface area contributed by atoms with Crippen LogP contribution in [0.3, 0.4) is 0 Å². The zero-order valence-electron chi connectivity index (χ0n) is 19.6. The molecular formula is C23H17ClF5N9O. The minimum atomic E-state index is -2.98. The monoisotopic (exact) mass is 565 g/mol. The zero-order valence-corrected chi connectivity index (χ0v) is 20.4. The van der Waals surface area contributed by atoms with Crippen LogP contribution < -0.4 is 0 Å². The van der Waals surface area contributed by atoms with Crippen LogP contribution in [0.25, 0.3) is 28.1 Å². The highest BCUT2D eigenvalue weighted by Gasteiger charge is 2.22. The van der Waals surface area contributed by atoms with Gasteiger partial charge < -0.3 is 4.74 Å². The molecule has 4 heterocycles. The van der Waals surface area contributed by atoms with Crippen LogP contribution in [0.4, 0.5) is 22.0 Å². The Hall–Kier alpha value is -4.24. The standard InChI is InChI=1S/C23H17ClF5N9O/c24-15-2-4-19(37-12-31-34-35-37)20(21(15)25)13-1-3-16(30-9-13)18(6-8-39-23(28)29)36-11-14(10-33-36)17-5-7-32-38(17)22(26)27/h1-5,7,9-12,18,22-23H,6,8H2. The van der Waals surface area contributed by atoms with E-state index in [9.17, 15) is 17.6 Å². The normalized spacial score (nSPS) is 12.5. The second kappa shape index (κ2) is 11.2.